The molecular weight excluding hydrogens is 320 g/mol. The minimum Gasteiger partial charge on any atom is -0.378 e. The first-order valence-corrected chi connectivity index (χ1v) is 9.53. The molecule has 2 rings (SSSR count). The Kier molecular flexibility index (Phi) is 6.47. The third kappa shape index (κ3) is 4.66. The van der Waals surface area contributed by atoms with Crippen LogP contribution in [0.1, 0.15) is 69.1 Å². The number of nitrogens with zero attached hydrogens (tertiary/aromatic N) is 1. The van der Waals surface area contributed by atoms with Gasteiger partial charge in [0.25, 0.3) is 5.91 Å². The fraction of sp³-hybridized carbons (Fsp3) is 0.435. The van der Waals surface area contributed by atoms with Gasteiger partial charge >= 0.3 is 0 Å². The van der Waals surface area contributed by atoms with Gasteiger partial charge in [-0.05, 0) is 49.4 Å². The van der Waals surface area contributed by atoms with E-state index in [0.717, 1.165) is 11.3 Å². The predicted octanol–water partition coefficient (Wildman–Crippen LogP) is 5.64. The molecule has 0 aliphatic carbocycles. The van der Waals surface area contributed by atoms with Crippen molar-refractivity contribution < 1.29 is 4.79 Å². The molecule has 0 spiro atoms. The van der Waals surface area contributed by atoms with E-state index in [2.05, 4.69) is 63.3 Å². The van der Waals surface area contributed by atoms with E-state index in [9.17, 15) is 4.79 Å². The van der Waals surface area contributed by atoms with Crippen LogP contribution in [0, 0.1) is 0 Å². The van der Waals surface area contributed by atoms with Crippen LogP contribution in [0.4, 0.5) is 5.69 Å². The molecule has 0 bridgehead atoms. The highest BCUT2D eigenvalue weighted by molar-refractivity contribution is 6.00. The number of anilines is 1. The third-order valence-corrected chi connectivity index (χ3v) is 4.84. The van der Waals surface area contributed by atoms with Crippen LogP contribution in [0.3, 0.4) is 0 Å². The van der Waals surface area contributed by atoms with Gasteiger partial charge in [0.1, 0.15) is 0 Å². The van der Waals surface area contributed by atoms with Crippen molar-refractivity contribution in [3.05, 3.63) is 65.2 Å². The average Bonchev–Trinajstić information content (AvgIpc) is 2.62. The summed E-state index contributed by atoms with van der Waals surface area (Å²) >= 11 is 0. The first kappa shape index (κ1) is 20.0. The maximum absolute atomic E-state index is 13.1. The molecule has 0 saturated carbocycles. The zero-order valence-electron chi connectivity index (χ0n) is 17.0. The Labute approximate surface area is 158 Å². The number of hydrogen-bond donors (Lipinski definition) is 1. The van der Waals surface area contributed by atoms with Crippen molar-refractivity contribution in [3.8, 4) is 0 Å². The number of benzene rings is 2. The third-order valence-electron chi connectivity index (χ3n) is 4.84. The van der Waals surface area contributed by atoms with E-state index < -0.39 is 0 Å². The molecule has 0 aromatic heterocycles. The lowest BCUT2D eigenvalue weighted by atomic mass is 9.85. The molecule has 1 N–H and O–H groups in total. The Balaban J connectivity index is 2.42. The lowest BCUT2D eigenvalue weighted by Crippen LogP contribution is -2.31. The zero-order valence-corrected chi connectivity index (χ0v) is 17.0. The molecule has 2 aromatic carbocycles. The number of rotatable bonds is 6. The molecule has 0 heterocycles. The second kappa shape index (κ2) is 8.39. The Morgan fingerprint density at radius 1 is 1.04 bits per heavy atom. The molecule has 140 valence electrons. The standard InChI is InChI=1S/C23H32N2O/c1-7-25(8-2)22(26)20-16-19(23(4,5)6)14-15-21(20)24-17(3)18-12-10-9-11-13-18/h9-17,24H,7-8H2,1-6H3. The molecule has 0 saturated heterocycles. The van der Waals surface area contributed by atoms with Gasteiger partial charge in [-0.2, -0.15) is 0 Å². The summed E-state index contributed by atoms with van der Waals surface area (Å²) in [7, 11) is 0. The molecule has 1 atom stereocenters. The molecular formula is C23H32N2O. The van der Waals surface area contributed by atoms with Crippen LogP contribution < -0.4 is 5.32 Å². The van der Waals surface area contributed by atoms with Crippen molar-refractivity contribution in [2.24, 2.45) is 0 Å². The average molecular weight is 353 g/mol. The fourth-order valence-electron chi connectivity index (χ4n) is 3.05. The van der Waals surface area contributed by atoms with Gasteiger partial charge in [0.15, 0.2) is 0 Å². The monoisotopic (exact) mass is 352 g/mol. The summed E-state index contributed by atoms with van der Waals surface area (Å²) in [6.45, 7) is 14.1. The lowest BCUT2D eigenvalue weighted by molar-refractivity contribution is 0.0773. The minimum atomic E-state index is 0.00185. The highest BCUT2D eigenvalue weighted by Crippen LogP contribution is 2.30. The molecule has 0 radical (unpaired) electrons. The summed E-state index contributed by atoms with van der Waals surface area (Å²) in [5.74, 6) is 0.0869. The number of nitrogens with one attached hydrogen (secondary N) is 1. The molecule has 0 fully saturated rings. The molecule has 0 aliphatic heterocycles. The van der Waals surface area contributed by atoms with E-state index >= 15 is 0 Å². The van der Waals surface area contributed by atoms with Crippen molar-refractivity contribution >= 4 is 11.6 Å². The summed E-state index contributed by atoms with van der Waals surface area (Å²) < 4.78 is 0. The second-order valence-corrected chi connectivity index (χ2v) is 7.76. The van der Waals surface area contributed by atoms with Gasteiger partial charge in [-0.3, -0.25) is 4.79 Å². The first-order chi connectivity index (χ1) is 12.3. The Hall–Kier alpha value is -2.29. The molecule has 0 aliphatic rings. The van der Waals surface area contributed by atoms with Crippen LogP contribution in [0.25, 0.3) is 0 Å². The normalized spacial score (nSPS) is 12.5. The van der Waals surface area contributed by atoms with Crippen molar-refractivity contribution in [2.45, 2.75) is 53.0 Å². The topological polar surface area (TPSA) is 32.3 Å². The number of carbonyl (C=O) groups excluding carboxylic acids is 1. The summed E-state index contributed by atoms with van der Waals surface area (Å²) in [6.07, 6.45) is 0. The Morgan fingerprint density at radius 3 is 2.19 bits per heavy atom. The molecule has 1 amide bonds. The SMILES string of the molecule is CCN(CC)C(=O)c1cc(C(C)(C)C)ccc1NC(C)c1ccccc1. The maximum atomic E-state index is 13.1. The second-order valence-electron chi connectivity index (χ2n) is 7.76. The highest BCUT2D eigenvalue weighted by atomic mass is 16.2. The van der Waals surface area contributed by atoms with Crippen LogP contribution in [0.2, 0.25) is 0 Å². The molecule has 3 nitrogen and oxygen atoms in total. The van der Waals surface area contributed by atoms with Gasteiger partial charge in [0.2, 0.25) is 0 Å². The molecule has 3 heteroatoms. The summed E-state index contributed by atoms with van der Waals surface area (Å²) in [5.41, 5.74) is 4.02. The largest absolute Gasteiger partial charge is 0.378 e. The maximum Gasteiger partial charge on any atom is 0.255 e. The predicted molar refractivity (Wildman–Crippen MR) is 111 cm³/mol. The number of carbonyl (C=O) groups is 1. The number of hydrogen-bond acceptors (Lipinski definition) is 2. The van der Waals surface area contributed by atoms with Gasteiger partial charge < -0.3 is 10.2 Å². The van der Waals surface area contributed by atoms with Crippen molar-refractivity contribution in [1.82, 2.24) is 4.90 Å². The number of amides is 1. The molecule has 26 heavy (non-hydrogen) atoms. The van der Waals surface area contributed by atoms with Gasteiger partial charge in [0, 0.05) is 24.8 Å². The summed E-state index contributed by atoms with van der Waals surface area (Å²) in [6, 6.07) is 16.7. The van der Waals surface area contributed by atoms with E-state index in [4.69, 9.17) is 0 Å². The van der Waals surface area contributed by atoms with Crippen LogP contribution in [-0.4, -0.2) is 23.9 Å². The van der Waals surface area contributed by atoms with Crippen molar-refractivity contribution in [2.75, 3.05) is 18.4 Å². The summed E-state index contributed by atoms with van der Waals surface area (Å²) in [4.78, 5) is 15.0. The first-order valence-electron chi connectivity index (χ1n) is 9.53. The molecule has 2 aromatic rings. The Morgan fingerprint density at radius 2 is 1.65 bits per heavy atom. The highest BCUT2D eigenvalue weighted by Gasteiger charge is 2.22. The van der Waals surface area contributed by atoms with Crippen LogP contribution in [0.15, 0.2) is 48.5 Å². The van der Waals surface area contributed by atoms with Gasteiger partial charge in [0.05, 0.1) is 5.56 Å². The fourth-order valence-corrected chi connectivity index (χ4v) is 3.05. The van der Waals surface area contributed by atoms with Crippen LogP contribution in [0.5, 0.6) is 0 Å². The van der Waals surface area contributed by atoms with E-state index in [-0.39, 0.29) is 17.4 Å². The smallest absolute Gasteiger partial charge is 0.255 e. The minimum absolute atomic E-state index is 0.00185. The van der Waals surface area contributed by atoms with Crippen LogP contribution in [-0.2, 0) is 5.41 Å². The van der Waals surface area contributed by atoms with Crippen molar-refractivity contribution in [1.29, 1.82) is 0 Å². The quantitative estimate of drug-likeness (QED) is 0.730. The molecule has 1 unspecified atom stereocenters. The van der Waals surface area contributed by atoms with Gasteiger partial charge in [-0.15, -0.1) is 0 Å². The van der Waals surface area contributed by atoms with E-state index in [0.29, 0.717) is 13.1 Å². The van der Waals surface area contributed by atoms with Gasteiger partial charge in [-0.1, -0.05) is 57.2 Å². The van der Waals surface area contributed by atoms with Gasteiger partial charge in [-0.25, -0.2) is 0 Å². The van der Waals surface area contributed by atoms with E-state index in [1.54, 1.807) is 0 Å². The van der Waals surface area contributed by atoms with Crippen LogP contribution >= 0.6 is 0 Å². The Bertz CT molecular complexity index is 728. The summed E-state index contributed by atoms with van der Waals surface area (Å²) in [5, 5.41) is 3.54. The van der Waals surface area contributed by atoms with E-state index in [1.165, 1.54) is 11.1 Å². The zero-order chi connectivity index (χ0) is 19.3. The van der Waals surface area contributed by atoms with Crippen molar-refractivity contribution in [3.63, 3.8) is 0 Å². The lowest BCUT2D eigenvalue weighted by Gasteiger charge is -2.26. The van der Waals surface area contributed by atoms with E-state index in [1.807, 2.05) is 36.9 Å².